The summed E-state index contributed by atoms with van der Waals surface area (Å²) < 4.78 is 30.5. The molecule has 0 heterocycles. The summed E-state index contributed by atoms with van der Waals surface area (Å²) in [7, 11) is 1.20. The molecule has 0 fully saturated rings. The number of allylic oxidation sites excluding steroid dienone is 7. The van der Waals surface area contributed by atoms with Crippen LogP contribution in [0.4, 0.5) is 0 Å². The van der Waals surface area contributed by atoms with Crippen molar-refractivity contribution in [3.05, 3.63) is 48.6 Å². The summed E-state index contributed by atoms with van der Waals surface area (Å²) in [5, 5.41) is 3.06. The Morgan fingerprint density at radius 2 is 0.670 bits per heavy atom. The van der Waals surface area contributed by atoms with Crippen molar-refractivity contribution in [3.8, 4) is 0 Å². The van der Waals surface area contributed by atoms with Crippen molar-refractivity contribution in [1.82, 2.24) is 5.32 Å². The summed E-state index contributed by atoms with van der Waals surface area (Å²) in [6.45, 7) is 6.88. The summed E-state index contributed by atoms with van der Waals surface area (Å²) in [5.41, 5.74) is 0. The number of phosphoric ester groups is 1. The van der Waals surface area contributed by atoms with E-state index in [4.69, 9.17) is 13.8 Å². The molecule has 1 amide bonds. The van der Waals surface area contributed by atoms with Crippen molar-refractivity contribution in [1.29, 1.82) is 0 Å². The van der Waals surface area contributed by atoms with Crippen molar-refractivity contribution < 1.29 is 37.3 Å². The molecule has 0 aromatic heterocycles. The van der Waals surface area contributed by atoms with Crippen LogP contribution < -0.4 is 10.2 Å². The molecule has 0 aliphatic rings. The molecular weight excluding hydrogens is 1140 g/mol. The van der Waals surface area contributed by atoms with E-state index < -0.39 is 20.0 Å². The Kier molecular flexibility index (Phi) is 69.2. The van der Waals surface area contributed by atoms with Crippen LogP contribution in [0.25, 0.3) is 0 Å². The van der Waals surface area contributed by atoms with E-state index in [1.54, 1.807) is 0 Å². The molecule has 0 bridgehead atoms. The summed E-state index contributed by atoms with van der Waals surface area (Å²) >= 11 is 0. The van der Waals surface area contributed by atoms with E-state index in [1.807, 2.05) is 33.3 Å². The third-order valence-electron chi connectivity index (χ3n) is 18.3. The maximum Gasteiger partial charge on any atom is 0.306 e. The van der Waals surface area contributed by atoms with Crippen LogP contribution in [0, 0.1) is 0 Å². The van der Waals surface area contributed by atoms with Gasteiger partial charge in [-0.05, 0) is 70.3 Å². The van der Waals surface area contributed by atoms with E-state index >= 15 is 0 Å². The van der Waals surface area contributed by atoms with Gasteiger partial charge in [-0.25, -0.2) is 0 Å². The highest BCUT2D eigenvalue weighted by Gasteiger charge is 2.27. The maximum atomic E-state index is 13.6. The number of rotatable bonds is 74. The molecule has 1 N–H and O–H groups in total. The van der Waals surface area contributed by atoms with E-state index in [9.17, 15) is 19.0 Å². The first kappa shape index (κ1) is 89.0. The number of carbonyl (C=O) groups is 2. The normalized spacial score (nSPS) is 13.6. The highest BCUT2D eigenvalue weighted by Crippen LogP contribution is 2.38. The number of likely N-dealkylation sites (N-methyl/N-ethyl adjacent to an activating group) is 1. The fourth-order valence-electron chi connectivity index (χ4n) is 12.1. The zero-order valence-corrected chi connectivity index (χ0v) is 62.5. The van der Waals surface area contributed by atoms with Crippen molar-refractivity contribution >= 4 is 19.7 Å². The molecular formula is C81H155N2O7P. The van der Waals surface area contributed by atoms with Crippen LogP contribution in [0.15, 0.2) is 48.6 Å². The number of unbranched alkanes of at least 4 members (excludes halogenated alkanes) is 52. The number of nitrogens with zero attached hydrogens (tertiary/aromatic N) is 1. The monoisotopic (exact) mass is 1300 g/mol. The molecule has 0 aliphatic heterocycles. The molecule has 9 nitrogen and oxygen atoms in total. The molecule has 0 aromatic rings. The van der Waals surface area contributed by atoms with Gasteiger partial charge in [0.05, 0.1) is 33.8 Å². The minimum Gasteiger partial charge on any atom is -0.756 e. The topological polar surface area (TPSA) is 114 Å². The Bertz CT molecular complexity index is 1690. The second-order valence-electron chi connectivity index (χ2n) is 28.6. The third kappa shape index (κ3) is 72.1. The van der Waals surface area contributed by atoms with Gasteiger partial charge in [0, 0.05) is 12.8 Å². The van der Waals surface area contributed by atoms with Crippen LogP contribution in [0.1, 0.15) is 406 Å². The number of phosphoric acid groups is 1. The van der Waals surface area contributed by atoms with Crippen molar-refractivity contribution in [2.24, 2.45) is 0 Å². The maximum absolute atomic E-state index is 13.6. The van der Waals surface area contributed by atoms with E-state index in [2.05, 4.69) is 62.5 Å². The summed E-state index contributed by atoms with van der Waals surface area (Å²) in [5.74, 6) is -0.520. The smallest absolute Gasteiger partial charge is 0.306 e. The quantitative estimate of drug-likeness (QED) is 0.0212. The van der Waals surface area contributed by atoms with Crippen molar-refractivity contribution in [2.45, 2.75) is 418 Å². The zero-order valence-electron chi connectivity index (χ0n) is 61.6. The average Bonchev–Trinajstić information content (AvgIpc) is 3.03. The van der Waals surface area contributed by atoms with Gasteiger partial charge in [-0.1, -0.05) is 372 Å². The number of esters is 1. The number of ether oxygens (including phenoxy) is 1. The summed E-state index contributed by atoms with van der Waals surface area (Å²) in [6, 6.07) is -0.887. The Labute approximate surface area is 567 Å². The van der Waals surface area contributed by atoms with E-state index in [-0.39, 0.29) is 31.5 Å². The predicted molar refractivity (Wildman–Crippen MR) is 395 cm³/mol. The first-order chi connectivity index (χ1) is 44.4. The number of amides is 1. The fraction of sp³-hybridized carbons (Fsp3) is 0.877. The van der Waals surface area contributed by atoms with Gasteiger partial charge in [0.25, 0.3) is 7.82 Å². The number of hydrogen-bond donors (Lipinski definition) is 1. The first-order valence-electron chi connectivity index (χ1n) is 39.9. The Balaban J connectivity index is 4.84. The number of quaternary nitrogens is 1. The largest absolute Gasteiger partial charge is 0.756 e. The molecule has 0 rings (SSSR count). The van der Waals surface area contributed by atoms with Gasteiger partial charge in [-0.3, -0.25) is 14.2 Å². The minimum atomic E-state index is -4.70. The van der Waals surface area contributed by atoms with Crippen LogP contribution in [0.2, 0.25) is 0 Å². The van der Waals surface area contributed by atoms with Crippen LogP contribution in [0.3, 0.4) is 0 Å². The van der Waals surface area contributed by atoms with Gasteiger partial charge in [0.15, 0.2) is 0 Å². The Hall–Kier alpha value is -2.03. The molecule has 3 unspecified atom stereocenters. The van der Waals surface area contributed by atoms with Gasteiger partial charge in [0.2, 0.25) is 5.91 Å². The van der Waals surface area contributed by atoms with Gasteiger partial charge in [-0.15, -0.1) is 0 Å². The van der Waals surface area contributed by atoms with E-state index in [0.717, 1.165) is 70.6 Å². The standard InChI is InChI=1S/C81H155N2O7P/c1-7-10-13-16-19-22-25-27-29-31-33-35-37-39-41-43-45-47-49-51-53-55-58-61-64-67-70-73-80(84)82-78(77-89-91(86,87)88-76-75-83(4,5)6)79(72-69-66-63-60-57-24-21-18-15-12-9-3)90-81(85)74-71-68-65-62-59-56-54-52-50-48-46-44-42-40-38-36-34-32-30-28-26-23-20-17-14-11-8-2/h20,23,28,30,34,36,69,72,78-79H,7-19,21-22,24-27,29,31-33,35,37-68,70-71,73-77H2,1-6H3,(H-,82,84,86,87)/b23-20-,30-28-,36-34-,72-69+. The zero-order chi connectivity index (χ0) is 66.3. The van der Waals surface area contributed by atoms with Crippen LogP contribution >= 0.6 is 7.82 Å². The molecule has 0 saturated heterocycles. The second-order valence-corrected chi connectivity index (χ2v) is 30.0. The predicted octanol–water partition coefficient (Wildman–Crippen LogP) is 25.3. The molecule has 0 aliphatic carbocycles. The molecule has 0 aromatic carbocycles. The second kappa shape index (κ2) is 70.8. The number of nitrogens with one attached hydrogen (secondary N) is 1. The molecule has 0 radical (unpaired) electrons. The Morgan fingerprint density at radius 3 is 1.02 bits per heavy atom. The highest BCUT2D eigenvalue weighted by atomic mass is 31.2. The SMILES string of the molecule is CCCCC/C=C\C/C=C\C/C=C\CCCCCCCCCCCCCCCCC(=O)OC(/C=C/CCCCCCCCCCC)C(COP(=O)([O-])OCC[N+](C)(C)C)NC(=O)CCCCCCCCCCCCCCCCCCCCCCCCCCCCC. The van der Waals surface area contributed by atoms with Gasteiger partial charge >= 0.3 is 5.97 Å². The van der Waals surface area contributed by atoms with Gasteiger partial charge in [0.1, 0.15) is 19.3 Å². The van der Waals surface area contributed by atoms with Crippen LogP contribution in [-0.4, -0.2) is 69.4 Å². The Morgan fingerprint density at radius 1 is 0.385 bits per heavy atom. The van der Waals surface area contributed by atoms with Crippen molar-refractivity contribution in [2.75, 3.05) is 40.9 Å². The minimum absolute atomic E-state index is 0.0197. The lowest BCUT2D eigenvalue weighted by atomic mass is 10.0. The molecule has 91 heavy (non-hydrogen) atoms. The average molecular weight is 1300 g/mol. The lowest BCUT2D eigenvalue weighted by molar-refractivity contribution is -0.870. The lowest BCUT2D eigenvalue weighted by Gasteiger charge is -2.30. The van der Waals surface area contributed by atoms with Gasteiger partial charge < -0.3 is 28.5 Å². The number of hydrogen-bond acceptors (Lipinski definition) is 7. The third-order valence-corrected chi connectivity index (χ3v) is 19.2. The molecule has 3 atom stereocenters. The molecule has 0 saturated carbocycles. The highest BCUT2D eigenvalue weighted by molar-refractivity contribution is 7.45. The van der Waals surface area contributed by atoms with E-state index in [0.29, 0.717) is 17.4 Å². The van der Waals surface area contributed by atoms with Crippen LogP contribution in [-0.2, 0) is 27.9 Å². The van der Waals surface area contributed by atoms with E-state index in [1.165, 1.54) is 302 Å². The lowest BCUT2D eigenvalue weighted by Crippen LogP contribution is -2.47. The van der Waals surface area contributed by atoms with Crippen LogP contribution in [0.5, 0.6) is 0 Å². The number of carbonyl (C=O) groups excluding carboxylic acids is 2. The fourth-order valence-corrected chi connectivity index (χ4v) is 12.8. The first-order valence-corrected chi connectivity index (χ1v) is 41.4. The van der Waals surface area contributed by atoms with Gasteiger partial charge in [-0.2, -0.15) is 0 Å². The molecule has 0 spiro atoms. The molecule has 10 heteroatoms. The summed E-state index contributed by atoms with van der Waals surface area (Å²) in [4.78, 5) is 40.3. The van der Waals surface area contributed by atoms with Crippen molar-refractivity contribution in [3.63, 3.8) is 0 Å². The molecule has 536 valence electrons. The summed E-state index contributed by atoms with van der Waals surface area (Å²) in [6.07, 6.45) is 91.2.